The van der Waals surface area contributed by atoms with Crippen molar-refractivity contribution in [3.63, 3.8) is 0 Å². The maximum atomic E-state index is 5.19. The van der Waals surface area contributed by atoms with Gasteiger partial charge in [0.15, 0.2) is 0 Å². The van der Waals surface area contributed by atoms with Gasteiger partial charge >= 0.3 is 0 Å². The monoisotopic (exact) mass is 397 g/mol. The van der Waals surface area contributed by atoms with Crippen molar-refractivity contribution in [1.29, 1.82) is 0 Å². The molecular weight excluding hydrogens is 357 g/mol. The summed E-state index contributed by atoms with van der Waals surface area (Å²) in [4.78, 5) is 0. The second-order valence-electron chi connectivity index (χ2n) is 7.62. The van der Waals surface area contributed by atoms with Crippen molar-refractivity contribution < 1.29 is 21.7 Å². The zero-order chi connectivity index (χ0) is 18.5. The second-order valence-corrected chi connectivity index (χ2v) is 11.3. The molecule has 1 aliphatic rings. The summed E-state index contributed by atoms with van der Waals surface area (Å²) in [7, 11) is -1.03. The molecule has 0 unspecified atom stereocenters. The maximum absolute atomic E-state index is 5.19. The van der Waals surface area contributed by atoms with Crippen molar-refractivity contribution in [2.45, 2.75) is 67.2 Å². The van der Waals surface area contributed by atoms with Crippen LogP contribution in [0.1, 0.15) is 67.2 Å². The molecule has 25 heavy (non-hydrogen) atoms. The first-order valence-corrected chi connectivity index (χ1v) is 11.9. The summed E-state index contributed by atoms with van der Waals surface area (Å²) in [5, 5.41) is 0. The van der Waals surface area contributed by atoms with Crippen LogP contribution in [-0.2, 0) is 21.7 Å². The minimum Gasteiger partial charge on any atom is -0.272 e. The van der Waals surface area contributed by atoms with Gasteiger partial charge in [0.1, 0.15) is 0 Å². The van der Waals surface area contributed by atoms with Gasteiger partial charge in [-0.15, -0.1) is 0 Å². The Morgan fingerprint density at radius 2 is 1.60 bits per heavy atom. The summed E-state index contributed by atoms with van der Waals surface area (Å²) >= 11 is 0. The molecular formula is C22H40NPTi. The van der Waals surface area contributed by atoms with E-state index in [-0.39, 0.29) is 21.7 Å². The van der Waals surface area contributed by atoms with Crippen LogP contribution < -0.4 is 0 Å². The van der Waals surface area contributed by atoms with Crippen molar-refractivity contribution >= 4 is 7.05 Å². The Labute approximate surface area is 173 Å². The van der Waals surface area contributed by atoms with Crippen LogP contribution in [0.5, 0.6) is 0 Å². The van der Waals surface area contributed by atoms with Crippen molar-refractivity contribution in [2.24, 2.45) is 10.2 Å². The average Bonchev–Trinajstić information content (AvgIpc) is 2.98. The van der Waals surface area contributed by atoms with E-state index in [0.29, 0.717) is 5.41 Å². The first-order valence-electron chi connectivity index (χ1n) is 9.57. The standard InChI is InChI=1S/C14H26NP.C8H14.Ti/c1-4-11-16(12-5-2,13-6-3)15-14-9-7-8-10-14;1-5-6-7-8(2,3)4;/h7-9H,4-6,10-13H2,1-3H3;5-7H,1H2,2-4H3;. The summed E-state index contributed by atoms with van der Waals surface area (Å²) in [5.74, 6) is 0. The van der Waals surface area contributed by atoms with E-state index in [1.54, 1.807) is 6.08 Å². The Kier molecular flexibility index (Phi) is 16.3. The van der Waals surface area contributed by atoms with E-state index in [1.807, 2.05) is 6.08 Å². The van der Waals surface area contributed by atoms with Crippen molar-refractivity contribution in [2.75, 3.05) is 18.5 Å². The molecule has 1 nitrogen and oxygen atoms in total. The third-order valence-electron chi connectivity index (χ3n) is 3.74. The van der Waals surface area contributed by atoms with Gasteiger partial charge < -0.3 is 0 Å². The van der Waals surface area contributed by atoms with E-state index in [9.17, 15) is 0 Å². The molecule has 0 radical (unpaired) electrons. The van der Waals surface area contributed by atoms with Gasteiger partial charge in [-0.05, 0) is 37.0 Å². The van der Waals surface area contributed by atoms with Crippen molar-refractivity contribution in [3.05, 3.63) is 48.7 Å². The second kappa shape index (κ2) is 15.0. The average molecular weight is 397 g/mol. The quantitative estimate of drug-likeness (QED) is 0.223. The number of hydrogen-bond acceptors (Lipinski definition) is 1. The van der Waals surface area contributed by atoms with Crippen LogP contribution in [0.25, 0.3) is 0 Å². The van der Waals surface area contributed by atoms with E-state index >= 15 is 0 Å². The third kappa shape index (κ3) is 13.7. The van der Waals surface area contributed by atoms with Crippen LogP contribution in [0.3, 0.4) is 0 Å². The van der Waals surface area contributed by atoms with Crippen molar-refractivity contribution in [1.82, 2.24) is 0 Å². The topological polar surface area (TPSA) is 12.4 Å². The number of rotatable bonds is 8. The van der Waals surface area contributed by atoms with Crippen LogP contribution in [0.2, 0.25) is 0 Å². The Balaban J connectivity index is 0. The molecule has 0 aromatic carbocycles. The Bertz CT molecular complexity index is 469. The van der Waals surface area contributed by atoms with Gasteiger partial charge in [0.05, 0.1) is 0 Å². The van der Waals surface area contributed by atoms with E-state index in [2.05, 4.69) is 72.4 Å². The fourth-order valence-corrected chi connectivity index (χ4v) is 7.03. The van der Waals surface area contributed by atoms with Crippen LogP contribution in [0.4, 0.5) is 0 Å². The molecule has 0 spiro atoms. The zero-order valence-corrected chi connectivity index (χ0v) is 20.0. The molecule has 0 fully saturated rings. The van der Waals surface area contributed by atoms with E-state index in [0.717, 1.165) is 6.42 Å². The molecule has 0 saturated heterocycles. The Morgan fingerprint density at radius 1 is 1.08 bits per heavy atom. The van der Waals surface area contributed by atoms with Crippen LogP contribution in [0.15, 0.2) is 53.5 Å². The minimum absolute atomic E-state index is 0. The van der Waals surface area contributed by atoms with Crippen LogP contribution in [0, 0.1) is 5.41 Å². The molecule has 142 valence electrons. The summed E-state index contributed by atoms with van der Waals surface area (Å²) < 4.78 is 5.19. The van der Waals surface area contributed by atoms with Gasteiger partial charge in [0, 0.05) is 33.8 Å². The summed E-state index contributed by atoms with van der Waals surface area (Å²) in [6.45, 7) is 17.0. The molecule has 3 heteroatoms. The fourth-order valence-electron chi connectivity index (χ4n) is 2.87. The predicted octanol–water partition coefficient (Wildman–Crippen LogP) is 8.03. The molecule has 0 N–H and O–H groups in total. The van der Waals surface area contributed by atoms with Gasteiger partial charge in [-0.25, -0.2) is 0 Å². The normalized spacial score (nSPS) is 13.8. The van der Waals surface area contributed by atoms with E-state index in [1.165, 1.54) is 43.4 Å². The summed E-state index contributed by atoms with van der Waals surface area (Å²) in [5.41, 5.74) is 1.64. The molecule has 0 aromatic heterocycles. The third-order valence-corrected chi connectivity index (χ3v) is 8.26. The number of nitrogens with zero attached hydrogens (tertiary/aromatic N) is 1. The molecule has 0 bridgehead atoms. The van der Waals surface area contributed by atoms with Gasteiger partial charge in [-0.1, -0.05) is 97.8 Å². The van der Waals surface area contributed by atoms with Gasteiger partial charge in [-0.2, -0.15) is 0 Å². The SMILES string of the molecule is C=CC=CC(C)(C)C.CCCP(CCC)(CCC)=NC1=CC=CC1.[Ti]. The fraction of sp³-hybridized carbons (Fsp3) is 0.636. The Morgan fingerprint density at radius 3 is 1.88 bits per heavy atom. The molecule has 0 aliphatic heterocycles. The largest absolute Gasteiger partial charge is 0.272 e. The predicted molar refractivity (Wildman–Crippen MR) is 115 cm³/mol. The van der Waals surface area contributed by atoms with Gasteiger partial charge in [-0.3, -0.25) is 4.74 Å². The molecule has 1 rings (SSSR count). The maximum Gasteiger partial charge on any atom is 0.0425 e. The molecule has 1 aliphatic carbocycles. The van der Waals surface area contributed by atoms with Crippen molar-refractivity contribution in [3.8, 4) is 0 Å². The van der Waals surface area contributed by atoms with Gasteiger partial charge in [0.2, 0.25) is 0 Å². The molecule has 0 amide bonds. The number of allylic oxidation sites excluding steroid dienone is 6. The summed E-state index contributed by atoms with van der Waals surface area (Å²) in [6.07, 6.45) is 21.5. The first kappa shape index (κ1) is 27.1. The molecule has 0 saturated carbocycles. The van der Waals surface area contributed by atoms with Crippen LogP contribution in [-0.4, -0.2) is 18.5 Å². The van der Waals surface area contributed by atoms with E-state index < -0.39 is 7.05 Å². The minimum atomic E-state index is -1.03. The molecule has 0 aromatic rings. The summed E-state index contributed by atoms with van der Waals surface area (Å²) in [6, 6.07) is 0. The first-order chi connectivity index (χ1) is 11.3. The molecule has 0 heterocycles. The molecule has 0 atom stereocenters. The van der Waals surface area contributed by atoms with Crippen LogP contribution >= 0.6 is 7.05 Å². The van der Waals surface area contributed by atoms with Gasteiger partial charge in [0.25, 0.3) is 0 Å². The van der Waals surface area contributed by atoms with E-state index in [4.69, 9.17) is 4.74 Å². The zero-order valence-electron chi connectivity index (χ0n) is 17.5. The smallest absolute Gasteiger partial charge is 0.0425 e. The number of hydrogen-bond donors (Lipinski definition) is 0. The Hall–Kier alpha value is -0.0957.